The van der Waals surface area contributed by atoms with Crippen molar-refractivity contribution in [2.45, 2.75) is 26.4 Å². The Balaban J connectivity index is 1.43. The molecule has 3 heterocycles. The number of aromatic amines is 1. The van der Waals surface area contributed by atoms with Gasteiger partial charge in [0.1, 0.15) is 12.1 Å². The molecule has 0 amide bonds. The predicted molar refractivity (Wildman–Crippen MR) is 127 cm³/mol. The molecule has 9 nitrogen and oxygen atoms in total. The summed E-state index contributed by atoms with van der Waals surface area (Å²) in [5.74, 6) is 1.26. The van der Waals surface area contributed by atoms with Crippen molar-refractivity contribution < 1.29 is 9.66 Å². The van der Waals surface area contributed by atoms with Crippen molar-refractivity contribution in [3.63, 3.8) is 0 Å². The van der Waals surface area contributed by atoms with Gasteiger partial charge in [-0.15, -0.1) is 0 Å². The number of nitrogens with one attached hydrogen (secondary N) is 2. The lowest BCUT2D eigenvalue weighted by atomic mass is 10.0. The van der Waals surface area contributed by atoms with Crippen molar-refractivity contribution in [1.82, 2.24) is 15.0 Å². The van der Waals surface area contributed by atoms with Gasteiger partial charge >= 0.3 is 5.69 Å². The van der Waals surface area contributed by atoms with Gasteiger partial charge in [-0.2, -0.15) is 0 Å². The molecule has 0 unspecified atom stereocenters. The van der Waals surface area contributed by atoms with Crippen LogP contribution in [0.15, 0.2) is 54.9 Å². The molecular weight excluding hydrogens is 420 g/mol. The third kappa shape index (κ3) is 3.93. The number of aromatic nitrogens is 3. The minimum Gasteiger partial charge on any atom is -0.494 e. The van der Waals surface area contributed by atoms with Gasteiger partial charge in [0.05, 0.1) is 18.1 Å². The van der Waals surface area contributed by atoms with Crippen molar-refractivity contribution >= 4 is 28.2 Å². The first-order valence-electron chi connectivity index (χ1n) is 10.9. The Morgan fingerprint density at radius 3 is 2.85 bits per heavy atom. The first-order chi connectivity index (χ1) is 16.2. The fourth-order valence-corrected chi connectivity index (χ4v) is 4.40. The van der Waals surface area contributed by atoms with Gasteiger partial charge in [-0.3, -0.25) is 10.1 Å². The van der Waals surface area contributed by atoms with Crippen LogP contribution in [0.3, 0.4) is 0 Å². The van der Waals surface area contributed by atoms with E-state index in [2.05, 4.69) is 26.3 Å². The Kier molecular flexibility index (Phi) is 5.52. The molecule has 4 aromatic rings. The third-order valence-corrected chi connectivity index (χ3v) is 5.89. The van der Waals surface area contributed by atoms with E-state index in [1.54, 1.807) is 0 Å². The van der Waals surface area contributed by atoms with Crippen LogP contribution in [0.2, 0.25) is 0 Å². The minimum absolute atomic E-state index is 0.119. The monoisotopic (exact) mass is 444 g/mol. The summed E-state index contributed by atoms with van der Waals surface area (Å²) in [5.41, 5.74) is 4.19. The molecule has 33 heavy (non-hydrogen) atoms. The molecule has 0 saturated heterocycles. The predicted octanol–water partition coefficient (Wildman–Crippen LogP) is 4.44. The number of hydrogen-bond acceptors (Lipinski definition) is 7. The molecule has 9 heteroatoms. The van der Waals surface area contributed by atoms with Gasteiger partial charge in [0.15, 0.2) is 0 Å². The van der Waals surface area contributed by atoms with Crippen LogP contribution in [0.25, 0.3) is 10.9 Å². The molecule has 0 aliphatic carbocycles. The zero-order valence-corrected chi connectivity index (χ0v) is 18.2. The molecule has 2 aromatic heterocycles. The average Bonchev–Trinajstić information content (AvgIpc) is 3.21. The SMILES string of the molecule is CCOc1ccccc1CNc1ncnc(N2CCc3c([nH]c4ccccc34)C2)c1[N+](=O)[O-]. The number of para-hydroxylation sites is 2. The van der Waals surface area contributed by atoms with Crippen molar-refractivity contribution in [2.24, 2.45) is 0 Å². The topological polar surface area (TPSA) is 109 Å². The van der Waals surface area contributed by atoms with Crippen LogP contribution in [0.4, 0.5) is 17.3 Å². The van der Waals surface area contributed by atoms with E-state index in [0.29, 0.717) is 32.1 Å². The summed E-state index contributed by atoms with van der Waals surface area (Å²) in [4.78, 5) is 25.6. The fraction of sp³-hybridized carbons (Fsp3) is 0.250. The molecule has 2 N–H and O–H groups in total. The summed E-state index contributed by atoms with van der Waals surface area (Å²) >= 11 is 0. The Morgan fingerprint density at radius 1 is 1.18 bits per heavy atom. The number of hydrogen-bond donors (Lipinski definition) is 2. The highest BCUT2D eigenvalue weighted by molar-refractivity contribution is 5.85. The van der Waals surface area contributed by atoms with Crippen molar-refractivity contribution in [3.8, 4) is 5.75 Å². The molecule has 0 atom stereocenters. The first kappa shape index (κ1) is 20.7. The Labute approximate surface area is 190 Å². The molecule has 2 aromatic carbocycles. The average molecular weight is 444 g/mol. The number of ether oxygens (including phenoxy) is 1. The molecule has 1 aliphatic rings. The highest BCUT2D eigenvalue weighted by atomic mass is 16.6. The number of nitrogens with zero attached hydrogens (tertiary/aromatic N) is 4. The van der Waals surface area contributed by atoms with Crippen LogP contribution >= 0.6 is 0 Å². The van der Waals surface area contributed by atoms with E-state index in [4.69, 9.17) is 4.74 Å². The number of benzene rings is 2. The van der Waals surface area contributed by atoms with Gasteiger partial charge in [-0.1, -0.05) is 36.4 Å². The van der Waals surface area contributed by atoms with E-state index >= 15 is 0 Å². The maximum atomic E-state index is 12.1. The summed E-state index contributed by atoms with van der Waals surface area (Å²) < 4.78 is 5.66. The Bertz CT molecular complexity index is 1320. The van der Waals surface area contributed by atoms with Crippen LogP contribution in [0.1, 0.15) is 23.7 Å². The van der Waals surface area contributed by atoms with Gasteiger partial charge in [-0.05, 0) is 31.0 Å². The second-order valence-electron chi connectivity index (χ2n) is 7.85. The molecular formula is C24H24N6O3. The Hall–Kier alpha value is -4.14. The number of fused-ring (bicyclic) bond motifs is 3. The van der Waals surface area contributed by atoms with E-state index in [9.17, 15) is 10.1 Å². The number of nitro groups is 1. The van der Waals surface area contributed by atoms with E-state index in [0.717, 1.165) is 28.9 Å². The summed E-state index contributed by atoms with van der Waals surface area (Å²) in [5, 5.41) is 16.4. The molecule has 0 fully saturated rings. The lowest BCUT2D eigenvalue weighted by Gasteiger charge is -2.28. The summed E-state index contributed by atoms with van der Waals surface area (Å²) in [6.07, 6.45) is 2.16. The minimum atomic E-state index is -0.410. The second kappa shape index (κ2) is 8.78. The molecule has 0 saturated carbocycles. The van der Waals surface area contributed by atoms with Crippen LogP contribution in [-0.2, 0) is 19.5 Å². The molecule has 0 radical (unpaired) electrons. The number of H-pyrrole nitrogens is 1. The molecule has 0 bridgehead atoms. The summed E-state index contributed by atoms with van der Waals surface area (Å²) in [6, 6.07) is 15.8. The lowest BCUT2D eigenvalue weighted by molar-refractivity contribution is -0.383. The van der Waals surface area contributed by atoms with E-state index in [1.165, 1.54) is 17.3 Å². The zero-order chi connectivity index (χ0) is 22.8. The van der Waals surface area contributed by atoms with Crippen molar-refractivity contribution in [3.05, 3.63) is 81.8 Å². The van der Waals surface area contributed by atoms with Gasteiger partial charge in [0.2, 0.25) is 11.6 Å². The number of anilines is 2. The van der Waals surface area contributed by atoms with Crippen molar-refractivity contribution in [2.75, 3.05) is 23.4 Å². The summed E-state index contributed by atoms with van der Waals surface area (Å²) in [6.45, 7) is 3.97. The van der Waals surface area contributed by atoms with Gasteiger partial charge in [0, 0.05) is 35.2 Å². The maximum Gasteiger partial charge on any atom is 0.353 e. The standard InChI is InChI=1S/C24H24N6O3/c1-2-33-21-10-6-3-7-16(21)13-25-23-22(30(31)32)24(27-15-26-23)29-12-11-18-17-8-4-5-9-19(17)28-20(18)14-29/h3-10,15,28H,2,11-14H2,1H3,(H,25,26,27). The van der Waals surface area contributed by atoms with E-state index in [-0.39, 0.29) is 11.5 Å². The van der Waals surface area contributed by atoms with Crippen LogP contribution < -0.4 is 15.0 Å². The first-order valence-corrected chi connectivity index (χ1v) is 10.9. The van der Waals surface area contributed by atoms with Gasteiger partial charge in [0.25, 0.3) is 0 Å². The van der Waals surface area contributed by atoms with Gasteiger partial charge in [-0.25, -0.2) is 9.97 Å². The van der Waals surface area contributed by atoms with Crippen LogP contribution in [0, 0.1) is 10.1 Å². The smallest absolute Gasteiger partial charge is 0.353 e. The molecule has 0 spiro atoms. The van der Waals surface area contributed by atoms with Gasteiger partial charge < -0.3 is 19.9 Å². The normalized spacial score (nSPS) is 13.1. The molecule has 168 valence electrons. The third-order valence-electron chi connectivity index (χ3n) is 5.89. The molecule has 1 aliphatic heterocycles. The molecule has 5 rings (SSSR count). The Morgan fingerprint density at radius 2 is 2.00 bits per heavy atom. The maximum absolute atomic E-state index is 12.1. The number of rotatable bonds is 7. The fourth-order valence-electron chi connectivity index (χ4n) is 4.40. The van der Waals surface area contributed by atoms with Crippen LogP contribution in [0.5, 0.6) is 5.75 Å². The van der Waals surface area contributed by atoms with E-state index in [1.807, 2.05) is 54.3 Å². The quantitative estimate of drug-likeness (QED) is 0.320. The highest BCUT2D eigenvalue weighted by Crippen LogP contribution is 2.36. The largest absolute Gasteiger partial charge is 0.494 e. The van der Waals surface area contributed by atoms with Crippen molar-refractivity contribution in [1.29, 1.82) is 0 Å². The van der Waals surface area contributed by atoms with E-state index < -0.39 is 4.92 Å². The van der Waals surface area contributed by atoms with Crippen LogP contribution in [-0.4, -0.2) is 33.0 Å². The zero-order valence-electron chi connectivity index (χ0n) is 18.2. The second-order valence-corrected chi connectivity index (χ2v) is 7.85. The summed E-state index contributed by atoms with van der Waals surface area (Å²) in [7, 11) is 0. The lowest BCUT2D eigenvalue weighted by Crippen LogP contribution is -2.31. The highest BCUT2D eigenvalue weighted by Gasteiger charge is 2.30.